The van der Waals surface area contributed by atoms with E-state index in [0.29, 0.717) is 27.9 Å². The van der Waals surface area contributed by atoms with Crippen LogP contribution in [0.5, 0.6) is 0 Å². The van der Waals surface area contributed by atoms with Gasteiger partial charge in [0.15, 0.2) is 0 Å². The molecule has 0 amide bonds. The summed E-state index contributed by atoms with van der Waals surface area (Å²) in [6.45, 7) is 0. The van der Waals surface area contributed by atoms with Gasteiger partial charge in [0.25, 0.3) is 0 Å². The molecule has 4 heteroatoms. The standard InChI is InChI=1S/C15H12Cl3F/c16-9-10(11-4-1-2-5-13(11)17)8-12-14(18)6-3-7-15(12)19/h1-7,10H,8-9H2. The Hall–Kier alpha value is -0.760. The van der Waals surface area contributed by atoms with Gasteiger partial charge in [-0.25, -0.2) is 4.39 Å². The zero-order valence-corrected chi connectivity index (χ0v) is 12.3. The average Bonchev–Trinajstić information content (AvgIpc) is 2.40. The Morgan fingerprint density at radius 2 is 1.63 bits per heavy atom. The molecule has 0 N–H and O–H groups in total. The van der Waals surface area contributed by atoms with Crippen LogP contribution < -0.4 is 0 Å². The van der Waals surface area contributed by atoms with Crippen molar-refractivity contribution in [2.75, 3.05) is 5.88 Å². The topological polar surface area (TPSA) is 0 Å². The summed E-state index contributed by atoms with van der Waals surface area (Å²) in [4.78, 5) is 0. The van der Waals surface area contributed by atoms with Gasteiger partial charge in [-0.05, 0) is 30.2 Å². The Morgan fingerprint density at radius 1 is 0.947 bits per heavy atom. The van der Waals surface area contributed by atoms with E-state index >= 15 is 0 Å². The van der Waals surface area contributed by atoms with Crippen LogP contribution in [-0.4, -0.2) is 5.88 Å². The quantitative estimate of drug-likeness (QED) is 0.635. The number of benzene rings is 2. The summed E-state index contributed by atoms with van der Waals surface area (Å²) >= 11 is 18.2. The Morgan fingerprint density at radius 3 is 2.26 bits per heavy atom. The van der Waals surface area contributed by atoms with Gasteiger partial charge in [-0.2, -0.15) is 0 Å². The van der Waals surface area contributed by atoms with Crippen LogP contribution in [0.25, 0.3) is 0 Å². The first-order chi connectivity index (χ1) is 9.13. The molecule has 1 atom stereocenters. The molecule has 0 spiro atoms. The fourth-order valence-electron chi connectivity index (χ4n) is 2.03. The Bertz CT molecular complexity index is 549. The highest BCUT2D eigenvalue weighted by atomic mass is 35.5. The summed E-state index contributed by atoms with van der Waals surface area (Å²) in [6.07, 6.45) is 0.429. The molecule has 2 aromatic rings. The lowest BCUT2D eigenvalue weighted by molar-refractivity contribution is 0.598. The van der Waals surface area contributed by atoms with Crippen molar-refractivity contribution in [2.45, 2.75) is 12.3 Å². The third-order valence-corrected chi connectivity index (χ3v) is 4.11. The summed E-state index contributed by atoms with van der Waals surface area (Å²) in [6, 6.07) is 12.1. The number of hydrogen-bond donors (Lipinski definition) is 0. The van der Waals surface area contributed by atoms with Gasteiger partial charge < -0.3 is 0 Å². The molecule has 0 aliphatic heterocycles. The van der Waals surface area contributed by atoms with Crippen LogP contribution in [0.1, 0.15) is 17.0 Å². The molecule has 0 saturated heterocycles. The maximum atomic E-state index is 13.8. The molecule has 0 saturated carbocycles. The highest BCUT2D eigenvalue weighted by Crippen LogP contribution is 2.31. The Kier molecular flexibility index (Phi) is 5.09. The predicted molar refractivity (Wildman–Crippen MR) is 80.0 cm³/mol. The molecule has 1 unspecified atom stereocenters. The molecule has 2 aromatic carbocycles. The largest absolute Gasteiger partial charge is 0.207 e. The second-order valence-electron chi connectivity index (χ2n) is 4.28. The fourth-order valence-corrected chi connectivity index (χ4v) is 2.83. The lowest BCUT2D eigenvalue weighted by Gasteiger charge is -2.17. The maximum absolute atomic E-state index is 13.8. The molecule has 0 radical (unpaired) electrons. The average molecular weight is 318 g/mol. The number of halogens is 4. The van der Waals surface area contributed by atoms with E-state index in [9.17, 15) is 4.39 Å². The smallest absolute Gasteiger partial charge is 0.127 e. The van der Waals surface area contributed by atoms with Gasteiger partial charge in [0.2, 0.25) is 0 Å². The van der Waals surface area contributed by atoms with Crippen LogP contribution in [0.2, 0.25) is 10.0 Å². The number of hydrogen-bond acceptors (Lipinski definition) is 0. The molecule has 2 rings (SSSR count). The van der Waals surface area contributed by atoms with E-state index in [1.807, 2.05) is 18.2 Å². The molecule has 0 bridgehead atoms. The van der Waals surface area contributed by atoms with Crippen molar-refractivity contribution in [2.24, 2.45) is 0 Å². The Balaban J connectivity index is 2.32. The first-order valence-corrected chi connectivity index (χ1v) is 7.15. The van der Waals surface area contributed by atoms with Gasteiger partial charge >= 0.3 is 0 Å². The van der Waals surface area contributed by atoms with Gasteiger partial charge in [0.1, 0.15) is 5.82 Å². The summed E-state index contributed by atoms with van der Waals surface area (Å²) < 4.78 is 13.8. The van der Waals surface area contributed by atoms with E-state index in [0.717, 1.165) is 5.56 Å². The Labute approximate surface area is 127 Å². The van der Waals surface area contributed by atoms with Crippen LogP contribution in [0.4, 0.5) is 4.39 Å². The summed E-state index contributed by atoms with van der Waals surface area (Å²) in [5.74, 6) is -0.0200. The van der Waals surface area contributed by atoms with Crippen LogP contribution in [-0.2, 0) is 6.42 Å². The molecular weight excluding hydrogens is 306 g/mol. The second-order valence-corrected chi connectivity index (χ2v) is 5.40. The molecule has 0 aliphatic carbocycles. The molecule has 0 fully saturated rings. The predicted octanol–water partition coefficient (Wildman–Crippen LogP) is 5.70. The maximum Gasteiger partial charge on any atom is 0.127 e. The van der Waals surface area contributed by atoms with Crippen molar-refractivity contribution in [3.63, 3.8) is 0 Å². The lowest BCUT2D eigenvalue weighted by Crippen LogP contribution is -2.07. The lowest BCUT2D eigenvalue weighted by atomic mass is 9.93. The van der Waals surface area contributed by atoms with Crippen LogP contribution in [0.15, 0.2) is 42.5 Å². The van der Waals surface area contributed by atoms with Crippen molar-refractivity contribution in [3.05, 3.63) is 69.5 Å². The first kappa shape index (κ1) is 14.6. The SMILES string of the molecule is Fc1cccc(Cl)c1CC(CCl)c1ccccc1Cl. The molecule has 19 heavy (non-hydrogen) atoms. The van der Waals surface area contributed by atoms with Crippen molar-refractivity contribution in [1.29, 1.82) is 0 Å². The van der Waals surface area contributed by atoms with Crippen LogP contribution in [0.3, 0.4) is 0 Å². The van der Waals surface area contributed by atoms with E-state index in [1.54, 1.807) is 18.2 Å². The van der Waals surface area contributed by atoms with Crippen molar-refractivity contribution < 1.29 is 4.39 Å². The highest BCUT2D eigenvalue weighted by Gasteiger charge is 2.18. The first-order valence-electron chi connectivity index (χ1n) is 5.86. The van der Waals surface area contributed by atoms with E-state index in [1.165, 1.54) is 6.07 Å². The van der Waals surface area contributed by atoms with Gasteiger partial charge in [-0.3, -0.25) is 0 Å². The summed E-state index contributed by atoms with van der Waals surface area (Å²) in [5.41, 5.74) is 1.40. The third kappa shape index (κ3) is 3.42. The van der Waals surface area contributed by atoms with Crippen molar-refractivity contribution in [3.8, 4) is 0 Å². The van der Waals surface area contributed by atoms with E-state index in [-0.39, 0.29) is 11.7 Å². The van der Waals surface area contributed by atoms with Crippen LogP contribution in [0, 0.1) is 5.82 Å². The summed E-state index contributed by atoms with van der Waals surface area (Å²) in [5, 5.41) is 1.06. The monoisotopic (exact) mass is 316 g/mol. The highest BCUT2D eigenvalue weighted by molar-refractivity contribution is 6.32. The van der Waals surface area contributed by atoms with E-state index < -0.39 is 0 Å². The minimum Gasteiger partial charge on any atom is -0.207 e. The number of rotatable bonds is 4. The molecule has 0 aromatic heterocycles. The zero-order chi connectivity index (χ0) is 13.8. The van der Waals surface area contributed by atoms with Crippen molar-refractivity contribution in [1.82, 2.24) is 0 Å². The van der Waals surface area contributed by atoms with Crippen molar-refractivity contribution >= 4 is 34.8 Å². The van der Waals surface area contributed by atoms with E-state index in [4.69, 9.17) is 34.8 Å². The minimum atomic E-state index is -0.310. The van der Waals surface area contributed by atoms with Crippen LogP contribution >= 0.6 is 34.8 Å². The molecule has 0 aliphatic rings. The third-order valence-electron chi connectivity index (χ3n) is 3.04. The van der Waals surface area contributed by atoms with E-state index in [2.05, 4.69) is 0 Å². The minimum absolute atomic E-state index is 0.0650. The number of alkyl halides is 1. The van der Waals surface area contributed by atoms with Gasteiger partial charge in [0, 0.05) is 27.4 Å². The molecule has 0 nitrogen and oxygen atoms in total. The normalized spacial score (nSPS) is 12.4. The second kappa shape index (κ2) is 6.60. The fraction of sp³-hybridized carbons (Fsp3) is 0.200. The zero-order valence-electron chi connectivity index (χ0n) is 10.0. The van der Waals surface area contributed by atoms with Gasteiger partial charge in [-0.15, -0.1) is 11.6 Å². The molecule has 100 valence electrons. The molecular formula is C15H12Cl3F. The van der Waals surface area contributed by atoms with Gasteiger partial charge in [-0.1, -0.05) is 47.5 Å². The van der Waals surface area contributed by atoms with Gasteiger partial charge in [0.05, 0.1) is 0 Å². The summed E-state index contributed by atoms with van der Waals surface area (Å²) in [7, 11) is 0. The molecule has 0 heterocycles.